The monoisotopic (exact) mass is 522 g/mol. The average molecular weight is 523 g/mol. The average Bonchev–Trinajstić information content (AvgIpc) is 2.85. The largest absolute Gasteiger partial charge is 0.495 e. The predicted octanol–water partition coefficient (Wildman–Crippen LogP) is 4.27. The van der Waals surface area contributed by atoms with E-state index in [4.69, 9.17) is 21.1 Å². The first kappa shape index (κ1) is 26.8. The minimum Gasteiger partial charge on any atom is -0.495 e. The summed E-state index contributed by atoms with van der Waals surface area (Å²) in [4.78, 5) is 24.9. The number of benzene rings is 2. The van der Waals surface area contributed by atoms with Gasteiger partial charge in [-0.15, -0.1) is 0 Å². The van der Waals surface area contributed by atoms with E-state index in [9.17, 15) is 18.0 Å². The molecule has 0 radical (unpaired) electrons. The van der Waals surface area contributed by atoms with Crippen molar-refractivity contribution in [3.05, 3.63) is 53.1 Å². The number of nitrogens with one attached hydrogen (secondary N) is 1. The number of anilines is 1. The number of sulfonamides is 1. The SMILES string of the molecule is COc1ccccc1N(C)S(=O)(=O)c1ccc(Cl)c(C(=O)OCC(=O)N[C@@H]2CCC[C@@H](C)[C@@H]2C)c1. The molecular formula is C25H31ClN2O6S. The van der Waals surface area contributed by atoms with Gasteiger partial charge in [0.1, 0.15) is 5.75 Å². The van der Waals surface area contributed by atoms with Crippen molar-refractivity contribution >= 4 is 39.2 Å². The zero-order chi connectivity index (χ0) is 25.8. The van der Waals surface area contributed by atoms with Crippen molar-refractivity contribution in [2.45, 2.75) is 44.0 Å². The molecule has 8 nitrogen and oxygen atoms in total. The zero-order valence-electron chi connectivity index (χ0n) is 20.3. The Balaban J connectivity index is 1.72. The molecule has 0 unspecified atom stereocenters. The van der Waals surface area contributed by atoms with Crippen molar-refractivity contribution in [2.75, 3.05) is 25.1 Å². The highest BCUT2D eigenvalue weighted by Crippen LogP contribution is 2.32. The molecule has 0 spiro atoms. The number of nitrogens with zero attached hydrogens (tertiary/aromatic N) is 1. The van der Waals surface area contributed by atoms with Crippen molar-refractivity contribution in [2.24, 2.45) is 11.8 Å². The number of ether oxygens (including phenoxy) is 2. The van der Waals surface area contributed by atoms with Gasteiger partial charge in [-0.1, -0.05) is 50.4 Å². The minimum atomic E-state index is -4.05. The lowest BCUT2D eigenvalue weighted by atomic mass is 9.78. The highest BCUT2D eigenvalue weighted by atomic mass is 35.5. The van der Waals surface area contributed by atoms with Gasteiger partial charge in [0, 0.05) is 13.1 Å². The third-order valence-electron chi connectivity index (χ3n) is 6.63. The van der Waals surface area contributed by atoms with Gasteiger partial charge in [0.15, 0.2) is 6.61 Å². The molecule has 1 N–H and O–H groups in total. The van der Waals surface area contributed by atoms with Crippen LogP contribution in [0.25, 0.3) is 0 Å². The molecule has 3 atom stereocenters. The van der Waals surface area contributed by atoms with E-state index >= 15 is 0 Å². The maximum Gasteiger partial charge on any atom is 0.340 e. The fourth-order valence-electron chi connectivity index (χ4n) is 4.24. The molecule has 1 aliphatic carbocycles. The van der Waals surface area contributed by atoms with E-state index in [1.165, 1.54) is 26.3 Å². The zero-order valence-corrected chi connectivity index (χ0v) is 21.9. The molecule has 0 saturated heterocycles. The summed E-state index contributed by atoms with van der Waals surface area (Å²) < 4.78 is 38.0. The Labute approximate surface area is 211 Å². The topological polar surface area (TPSA) is 102 Å². The van der Waals surface area contributed by atoms with Crippen molar-refractivity contribution < 1.29 is 27.5 Å². The standard InChI is InChI=1S/C25H31ClN2O6S/c1-16-8-7-9-21(17(16)2)27-24(29)15-34-25(30)19-14-18(12-13-20(19)26)35(31,32)28(3)22-10-5-6-11-23(22)33-4/h5-6,10-14,16-17,21H,7-9,15H2,1-4H3,(H,27,29)/t16-,17+,21-/m1/s1. The molecule has 2 aromatic carbocycles. The van der Waals surface area contributed by atoms with E-state index in [1.54, 1.807) is 24.3 Å². The lowest BCUT2D eigenvalue weighted by Gasteiger charge is -2.34. The van der Waals surface area contributed by atoms with Crippen LogP contribution in [0.5, 0.6) is 5.75 Å². The van der Waals surface area contributed by atoms with Gasteiger partial charge >= 0.3 is 5.97 Å². The molecule has 1 amide bonds. The number of hydrogen-bond donors (Lipinski definition) is 1. The number of halogens is 1. The van der Waals surface area contributed by atoms with Gasteiger partial charge in [-0.25, -0.2) is 13.2 Å². The van der Waals surface area contributed by atoms with Gasteiger partial charge in [0.2, 0.25) is 0 Å². The van der Waals surface area contributed by atoms with Crippen LogP contribution in [0.4, 0.5) is 5.69 Å². The molecule has 0 heterocycles. The summed E-state index contributed by atoms with van der Waals surface area (Å²) in [6, 6.07) is 10.5. The fraction of sp³-hybridized carbons (Fsp3) is 0.440. The first-order valence-corrected chi connectivity index (χ1v) is 13.3. The summed E-state index contributed by atoms with van der Waals surface area (Å²) in [6.45, 7) is 3.79. The van der Waals surface area contributed by atoms with Gasteiger partial charge in [0.05, 0.1) is 28.3 Å². The Morgan fingerprint density at radius 1 is 1.14 bits per heavy atom. The normalized spacial score (nSPS) is 20.1. The number of hydrogen-bond acceptors (Lipinski definition) is 6. The van der Waals surface area contributed by atoms with E-state index in [2.05, 4.69) is 19.2 Å². The number of esters is 1. The lowest BCUT2D eigenvalue weighted by molar-refractivity contribution is -0.125. The van der Waals surface area contributed by atoms with Gasteiger partial charge in [-0.3, -0.25) is 9.10 Å². The summed E-state index contributed by atoms with van der Waals surface area (Å²) in [6.07, 6.45) is 3.06. The van der Waals surface area contributed by atoms with Gasteiger partial charge in [-0.05, 0) is 48.6 Å². The Kier molecular flexibility index (Phi) is 8.66. The number of carbonyl (C=O) groups excluding carboxylic acids is 2. The van der Waals surface area contributed by atoms with Crippen LogP contribution in [0.2, 0.25) is 5.02 Å². The van der Waals surface area contributed by atoms with Gasteiger partial charge in [0.25, 0.3) is 15.9 Å². The molecule has 0 aromatic heterocycles. The molecule has 2 aromatic rings. The van der Waals surface area contributed by atoms with E-state index in [1.807, 2.05) is 0 Å². The molecule has 0 aliphatic heterocycles. The van der Waals surface area contributed by atoms with E-state index in [-0.39, 0.29) is 21.5 Å². The molecule has 10 heteroatoms. The van der Waals surface area contributed by atoms with Crippen LogP contribution in [0.1, 0.15) is 43.5 Å². The van der Waals surface area contributed by atoms with Crippen molar-refractivity contribution in [3.63, 3.8) is 0 Å². The number of methoxy groups -OCH3 is 1. The highest BCUT2D eigenvalue weighted by molar-refractivity contribution is 7.92. The number of para-hydroxylation sites is 2. The molecule has 1 fully saturated rings. The number of rotatable bonds is 8. The summed E-state index contributed by atoms with van der Waals surface area (Å²) in [7, 11) is -1.22. The summed E-state index contributed by atoms with van der Waals surface area (Å²) >= 11 is 6.16. The molecule has 1 saturated carbocycles. The maximum atomic E-state index is 13.2. The minimum absolute atomic E-state index is 0.0176. The molecule has 3 rings (SSSR count). The van der Waals surface area contributed by atoms with Crippen LogP contribution in [-0.2, 0) is 19.6 Å². The smallest absolute Gasteiger partial charge is 0.340 e. The Morgan fingerprint density at radius 2 is 1.86 bits per heavy atom. The van der Waals surface area contributed by atoms with E-state index in [0.717, 1.165) is 29.6 Å². The van der Waals surface area contributed by atoms with Crippen LogP contribution >= 0.6 is 11.6 Å². The Morgan fingerprint density at radius 3 is 2.57 bits per heavy atom. The van der Waals surface area contributed by atoms with Gasteiger partial charge < -0.3 is 14.8 Å². The third-order valence-corrected chi connectivity index (χ3v) is 8.73. The first-order valence-electron chi connectivity index (χ1n) is 11.4. The molecular weight excluding hydrogens is 492 g/mol. The van der Waals surface area contributed by atoms with Crippen LogP contribution in [0.15, 0.2) is 47.4 Å². The molecule has 0 bridgehead atoms. The second-order valence-corrected chi connectivity index (χ2v) is 11.2. The number of amides is 1. The first-order chi connectivity index (χ1) is 16.6. The molecule has 1 aliphatic rings. The van der Waals surface area contributed by atoms with Crippen LogP contribution in [0.3, 0.4) is 0 Å². The lowest BCUT2D eigenvalue weighted by Crippen LogP contribution is -2.45. The maximum absolute atomic E-state index is 13.2. The number of carbonyl (C=O) groups is 2. The molecule has 190 valence electrons. The van der Waals surface area contributed by atoms with Crippen molar-refractivity contribution in [3.8, 4) is 5.75 Å². The second-order valence-electron chi connectivity index (χ2n) is 8.80. The van der Waals surface area contributed by atoms with Crippen molar-refractivity contribution in [1.29, 1.82) is 0 Å². The van der Waals surface area contributed by atoms with E-state index < -0.39 is 28.5 Å². The Hall–Kier alpha value is -2.78. The fourth-order valence-corrected chi connectivity index (χ4v) is 5.67. The predicted molar refractivity (Wildman–Crippen MR) is 134 cm³/mol. The highest BCUT2D eigenvalue weighted by Gasteiger charge is 2.29. The van der Waals surface area contributed by atoms with Crippen LogP contribution in [-0.4, -0.2) is 47.1 Å². The summed E-state index contributed by atoms with van der Waals surface area (Å²) in [5.74, 6) is -0.0683. The Bertz CT molecular complexity index is 1190. The van der Waals surface area contributed by atoms with E-state index in [0.29, 0.717) is 23.3 Å². The van der Waals surface area contributed by atoms with Crippen LogP contribution < -0.4 is 14.4 Å². The second kappa shape index (κ2) is 11.3. The third kappa shape index (κ3) is 6.08. The van der Waals surface area contributed by atoms with Crippen molar-refractivity contribution in [1.82, 2.24) is 5.32 Å². The van der Waals surface area contributed by atoms with Crippen LogP contribution in [0, 0.1) is 11.8 Å². The van der Waals surface area contributed by atoms with Gasteiger partial charge in [-0.2, -0.15) is 0 Å². The summed E-state index contributed by atoms with van der Waals surface area (Å²) in [5, 5.41) is 2.95. The summed E-state index contributed by atoms with van der Waals surface area (Å²) in [5.41, 5.74) is 0.186. The quantitative estimate of drug-likeness (QED) is 0.519. The molecule has 35 heavy (non-hydrogen) atoms.